The van der Waals surface area contributed by atoms with E-state index in [2.05, 4.69) is 6.92 Å². The predicted molar refractivity (Wildman–Crippen MR) is 70.7 cm³/mol. The standard InChI is InChI=1S/C15H8ClF4O/c1-8-5-9(7-10(17)6-8)14(21)11-3-2-4-12(13(11)16)15(18,19)20/h2-7H,1H2. The first-order chi connectivity index (χ1) is 9.70. The number of carbonyl (C=O) groups is 1. The maximum atomic E-state index is 13.3. The molecule has 0 unspecified atom stereocenters. The van der Waals surface area contributed by atoms with E-state index in [9.17, 15) is 22.4 Å². The molecule has 0 spiro atoms. The van der Waals surface area contributed by atoms with Crippen molar-refractivity contribution in [1.29, 1.82) is 0 Å². The van der Waals surface area contributed by atoms with E-state index in [4.69, 9.17) is 11.6 Å². The number of hydrogen-bond acceptors (Lipinski definition) is 1. The summed E-state index contributed by atoms with van der Waals surface area (Å²) in [5.41, 5.74) is -1.32. The van der Waals surface area contributed by atoms with Crippen LogP contribution >= 0.6 is 11.6 Å². The summed E-state index contributed by atoms with van der Waals surface area (Å²) in [5.74, 6) is -1.50. The van der Waals surface area contributed by atoms with E-state index in [-0.39, 0.29) is 16.7 Å². The molecule has 0 aliphatic rings. The molecular weight excluding hydrogens is 308 g/mol. The Bertz CT molecular complexity index is 687. The van der Waals surface area contributed by atoms with E-state index in [0.29, 0.717) is 0 Å². The average molecular weight is 316 g/mol. The summed E-state index contributed by atoms with van der Waals surface area (Å²) >= 11 is 5.67. The Morgan fingerprint density at radius 3 is 2.38 bits per heavy atom. The topological polar surface area (TPSA) is 17.1 Å². The molecule has 0 saturated carbocycles. The van der Waals surface area contributed by atoms with Crippen molar-refractivity contribution in [1.82, 2.24) is 0 Å². The highest BCUT2D eigenvalue weighted by atomic mass is 35.5. The van der Waals surface area contributed by atoms with Gasteiger partial charge in [0.1, 0.15) is 5.82 Å². The van der Waals surface area contributed by atoms with Crippen LogP contribution in [-0.4, -0.2) is 5.78 Å². The first-order valence-corrected chi connectivity index (χ1v) is 6.11. The van der Waals surface area contributed by atoms with Crippen molar-refractivity contribution in [2.24, 2.45) is 0 Å². The second-order valence-electron chi connectivity index (χ2n) is 4.34. The van der Waals surface area contributed by atoms with Crippen LogP contribution in [0.25, 0.3) is 0 Å². The summed E-state index contributed by atoms with van der Waals surface area (Å²) in [6.45, 7) is 3.49. The van der Waals surface area contributed by atoms with Crippen LogP contribution in [0.3, 0.4) is 0 Å². The Labute approximate surface area is 123 Å². The largest absolute Gasteiger partial charge is 0.417 e. The van der Waals surface area contributed by atoms with Crippen molar-refractivity contribution in [2.45, 2.75) is 6.18 Å². The predicted octanol–water partition coefficient (Wildman–Crippen LogP) is 4.91. The normalized spacial score (nSPS) is 11.5. The van der Waals surface area contributed by atoms with Crippen LogP contribution in [0.15, 0.2) is 36.4 Å². The fourth-order valence-corrected chi connectivity index (χ4v) is 2.18. The molecule has 0 fully saturated rings. The molecule has 0 aliphatic heterocycles. The molecule has 2 rings (SSSR count). The molecule has 1 nitrogen and oxygen atoms in total. The second kappa shape index (κ2) is 5.48. The summed E-state index contributed by atoms with van der Waals surface area (Å²) in [5, 5.41) is -0.704. The maximum Gasteiger partial charge on any atom is 0.417 e. The number of benzene rings is 2. The third-order valence-corrected chi connectivity index (χ3v) is 3.18. The highest BCUT2D eigenvalue weighted by Gasteiger charge is 2.34. The molecule has 0 amide bonds. The van der Waals surface area contributed by atoms with Gasteiger partial charge in [-0.3, -0.25) is 4.79 Å². The molecule has 1 radical (unpaired) electrons. The van der Waals surface area contributed by atoms with Gasteiger partial charge >= 0.3 is 6.18 Å². The highest BCUT2D eigenvalue weighted by Crippen LogP contribution is 2.36. The van der Waals surface area contributed by atoms with Gasteiger partial charge in [-0.15, -0.1) is 0 Å². The fraction of sp³-hybridized carbons (Fsp3) is 0.0667. The Morgan fingerprint density at radius 2 is 1.81 bits per heavy atom. The van der Waals surface area contributed by atoms with Crippen LogP contribution in [0.5, 0.6) is 0 Å². The number of carbonyl (C=O) groups excluding carboxylic acids is 1. The van der Waals surface area contributed by atoms with Crippen LogP contribution in [0.2, 0.25) is 5.02 Å². The third-order valence-electron chi connectivity index (χ3n) is 2.77. The van der Waals surface area contributed by atoms with E-state index in [1.54, 1.807) is 0 Å². The SMILES string of the molecule is [CH2]c1cc(F)cc(C(=O)c2cccc(C(F)(F)F)c2Cl)c1. The van der Waals surface area contributed by atoms with Crippen LogP contribution < -0.4 is 0 Å². The van der Waals surface area contributed by atoms with Gasteiger partial charge in [0.15, 0.2) is 5.78 Å². The lowest BCUT2D eigenvalue weighted by atomic mass is 9.99. The Kier molecular flexibility index (Phi) is 4.05. The molecule has 0 heterocycles. The van der Waals surface area contributed by atoms with E-state index >= 15 is 0 Å². The molecule has 2 aromatic rings. The smallest absolute Gasteiger partial charge is 0.289 e. The molecule has 6 heteroatoms. The molecular formula is C15H8ClF4O. The number of ketones is 1. The zero-order chi connectivity index (χ0) is 15.8. The van der Waals surface area contributed by atoms with Crippen LogP contribution in [0.1, 0.15) is 27.0 Å². The van der Waals surface area contributed by atoms with Gasteiger partial charge in [-0.2, -0.15) is 13.2 Å². The quantitative estimate of drug-likeness (QED) is 0.568. The lowest BCUT2D eigenvalue weighted by molar-refractivity contribution is -0.137. The lowest BCUT2D eigenvalue weighted by Crippen LogP contribution is -2.10. The first kappa shape index (κ1) is 15.5. The maximum absolute atomic E-state index is 13.3. The fourth-order valence-electron chi connectivity index (χ4n) is 1.86. The minimum atomic E-state index is -4.67. The van der Waals surface area contributed by atoms with Gasteiger partial charge in [0, 0.05) is 11.1 Å². The molecule has 0 bridgehead atoms. The molecule has 2 aromatic carbocycles. The minimum Gasteiger partial charge on any atom is -0.289 e. The summed E-state index contributed by atoms with van der Waals surface area (Å²) in [4.78, 5) is 12.2. The van der Waals surface area contributed by atoms with Gasteiger partial charge in [0.2, 0.25) is 0 Å². The van der Waals surface area contributed by atoms with Gasteiger partial charge in [-0.05, 0) is 42.8 Å². The molecule has 0 saturated heterocycles. The van der Waals surface area contributed by atoms with Crippen molar-refractivity contribution in [3.63, 3.8) is 0 Å². The van der Waals surface area contributed by atoms with Crippen molar-refractivity contribution < 1.29 is 22.4 Å². The molecule has 0 aromatic heterocycles. The van der Waals surface area contributed by atoms with E-state index < -0.39 is 28.4 Å². The van der Waals surface area contributed by atoms with Gasteiger partial charge < -0.3 is 0 Å². The molecule has 109 valence electrons. The Balaban J connectivity index is 2.54. The zero-order valence-electron chi connectivity index (χ0n) is 10.5. The molecule has 0 N–H and O–H groups in total. The average Bonchev–Trinajstić information content (AvgIpc) is 2.35. The van der Waals surface area contributed by atoms with Crippen LogP contribution in [0, 0.1) is 12.7 Å². The third kappa shape index (κ3) is 3.24. The number of alkyl halides is 3. The first-order valence-electron chi connectivity index (χ1n) is 5.73. The Hall–Kier alpha value is -1.88. The number of hydrogen-bond donors (Lipinski definition) is 0. The highest BCUT2D eigenvalue weighted by molar-refractivity contribution is 6.35. The molecule has 0 aliphatic carbocycles. The van der Waals surface area contributed by atoms with Crippen LogP contribution in [-0.2, 0) is 6.18 Å². The molecule has 0 atom stereocenters. The number of halogens is 5. The molecule has 21 heavy (non-hydrogen) atoms. The Morgan fingerprint density at radius 1 is 1.14 bits per heavy atom. The summed E-state index contributed by atoms with van der Waals surface area (Å²) in [6.07, 6.45) is -4.67. The van der Waals surface area contributed by atoms with E-state index in [1.165, 1.54) is 6.07 Å². The van der Waals surface area contributed by atoms with E-state index in [0.717, 1.165) is 30.3 Å². The summed E-state index contributed by atoms with van der Waals surface area (Å²) in [7, 11) is 0. The van der Waals surface area contributed by atoms with Crippen molar-refractivity contribution >= 4 is 17.4 Å². The second-order valence-corrected chi connectivity index (χ2v) is 4.72. The number of rotatable bonds is 2. The minimum absolute atomic E-state index is 0.110. The summed E-state index contributed by atoms with van der Waals surface area (Å²) in [6, 6.07) is 6.32. The van der Waals surface area contributed by atoms with Crippen molar-refractivity contribution in [3.05, 3.63) is 76.4 Å². The van der Waals surface area contributed by atoms with Gasteiger partial charge in [-0.1, -0.05) is 17.7 Å². The lowest BCUT2D eigenvalue weighted by Gasteiger charge is -2.12. The van der Waals surface area contributed by atoms with Gasteiger partial charge in [0.05, 0.1) is 10.6 Å². The van der Waals surface area contributed by atoms with Crippen LogP contribution in [0.4, 0.5) is 17.6 Å². The van der Waals surface area contributed by atoms with E-state index in [1.807, 2.05) is 0 Å². The van der Waals surface area contributed by atoms with Crippen molar-refractivity contribution in [2.75, 3.05) is 0 Å². The van der Waals surface area contributed by atoms with Gasteiger partial charge in [-0.25, -0.2) is 4.39 Å². The summed E-state index contributed by atoms with van der Waals surface area (Å²) < 4.78 is 51.5. The monoisotopic (exact) mass is 315 g/mol. The zero-order valence-corrected chi connectivity index (χ0v) is 11.2. The van der Waals surface area contributed by atoms with Crippen molar-refractivity contribution in [3.8, 4) is 0 Å². The van der Waals surface area contributed by atoms with Gasteiger partial charge in [0.25, 0.3) is 0 Å².